The lowest BCUT2D eigenvalue weighted by molar-refractivity contribution is -0.125. The van der Waals surface area contributed by atoms with Crippen molar-refractivity contribution >= 4 is 17.8 Å². The molecule has 0 spiro atoms. The van der Waals surface area contributed by atoms with Gasteiger partial charge in [-0.25, -0.2) is 4.79 Å². The summed E-state index contributed by atoms with van der Waals surface area (Å²) < 4.78 is 0. The molecule has 0 bridgehead atoms. The van der Waals surface area contributed by atoms with Crippen molar-refractivity contribution in [2.75, 3.05) is 13.1 Å². The number of carboxylic acid groups (broad SMARTS) is 1. The first-order valence-corrected chi connectivity index (χ1v) is 5.83. The van der Waals surface area contributed by atoms with Crippen LogP contribution in [-0.2, 0) is 16.0 Å². The third kappa shape index (κ3) is 5.20. The monoisotopic (exact) mass is 264 g/mol. The average Bonchev–Trinajstić information content (AvgIpc) is 2.36. The Balaban J connectivity index is 2.43. The second kappa shape index (κ2) is 7.15. The van der Waals surface area contributed by atoms with E-state index < -0.39 is 5.97 Å². The van der Waals surface area contributed by atoms with Gasteiger partial charge in [0.15, 0.2) is 0 Å². The van der Waals surface area contributed by atoms with E-state index in [1.54, 1.807) is 18.2 Å². The van der Waals surface area contributed by atoms with E-state index in [0.717, 1.165) is 0 Å². The number of nitrogens with one attached hydrogen (secondary N) is 2. The van der Waals surface area contributed by atoms with Gasteiger partial charge in [-0.2, -0.15) is 0 Å². The molecule has 6 nitrogen and oxygen atoms in total. The van der Waals surface area contributed by atoms with E-state index in [1.807, 2.05) is 0 Å². The highest BCUT2D eigenvalue weighted by molar-refractivity contribution is 5.89. The van der Waals surface area contributed by atoms with Gasteiger partial charge in [-0.1, -0.05) is 18.2 Å². The van der Waals surface area contributed by atoms with Crippen LogP contribution in [0.4, 0.5) is 0 Å². The van der Waals surface area contributed by atoms with E-state index in [1.165, 1.54) is 13.0 Å². The van der Waals surface area contributed by atoms with Crippen molar-refractivity contribution in [1.82, 2.24) is 10.6 Å². The van der Waals surface area contributed by atoms with Crippen LogP contribution >= 0.6 is 0 Å². The molecular formula is C13H16N2O4. The predicted molar refractivity (Wildman–Crippen MR) is 68.8 cm³/mol. The summed E-state index contributed by atoms with van der Waals surface area (Å²) in [5.74, 6) is -1.56. The number of hydrogen-bond donors (Lipinski definition) is 3. The fourth-order valence-corrected chi connectivity index (χ4v) is 1.55. The van der Waals surface area contributed by atoms with E-state index >= 15 is 0 Å². The summed E-state index contributed by atoms with van der Waals surface area (Å²) in [7, 11) is 0. The fraction of sp³-hybridized carbons (Fsp3) is 0.308. The van der Waals surface area contributed by atoms with Crippen LogP contribution in [0.2, 0.25) is 0 Å². The fourth-order valence-electron chi connectivity index (χ4n) is 1.55. The van der Waals surface area contributed by atoms with E-state index in [2.05, 4.69) is 10.6 Å². The highest BCUT2D eigenvalue weighted by Crippen LogP contribution is 2.08. The second-order valence-electron chi connectivity index (χ2n) is 3.97. The smallest absolute Gasteiger partial charge is 0.335 e. The summed E-state index contributed by atoms with van der Waals surface area (Å²) in [4.78, 5) is 32.9. The maximum absolute atomic E-state index is 11.3. The van der Waals surface area contributed by atoms with Gasteiger partial charge >= 0.3 is 5.97 Å². The zero-order valence-corrected chi connectivity index (χ0v) is 10.6. The summed E-state index contributed by atoms with van der Waals surface area (Å²) in [5.41, 5.74) is 0.897. The Morgan fingerprint density at radius 1 is 1.16 bits per heavy atom. The summed E-state index contributed by atoms with van der Waals surface area (Å²) >= 11 is 0. The number of amides is 2. The van der Waals surface area contributed by atoms with Gasteiger partial charge in [-0.3, -0.25) is 9.59 Å². The zero-order valence-electron chi connectivity index (χ0n) is 10.6. The van der Waals surface area contributed by atoms with Crippen molar-refractivity contribution in [2.45, 2.75) is 13.3 Å². The van der Waals surface area contributed by atoms with Gasteiger partial charge in [0.05, 0.1) is 12.1 Å². The molecule has 1 aromatic rings. The van der Waals surface area contributed by atoms with Gasteiger partial charge in [0, 0.05) is 13.5 Å². The molecule has 1 aromatic carbocycles. The Morgan fingerprint density at radius 2 is 1.84 bits per heavy atom. The van der Waals surface area contributed by atoms with Crippen LogP contribution in [0.1, 0.15) is 22.8 Å². The lowest BCUT2D eigenvalue weighted by atomic mass is 10.0. The molecular weight excluding hydrogens is 248 g/mol. The molecule has 0 aliphatic rings. The number of aromatic carboxylic acids is 1. The summed E-state index contributed by atoms with van der Waals surface area (Å²) in [5, 5.41) is 14.0. The van der Waals surface area contributed by atoms with Crippen molar-refractivity contribution < 1.29 is 19.5 Å². The molecule has 2 amide bonds. The summed E-state index contributed by atoms with van der Waals surface area (Å²) in [6, 6.07) is 6.64. The molecule has 0 unspecified atom stereocenters. The first-order chi connectivity index (χ1) is 9.00. The van der Waals surface area contributed by atoms with Crippen molar-refractivity contribution in [1.29, 1.82) is 0 Å². The molecule has 0 heterocycles. The molecule has 0 saturated carbocycles. The van der Waals surface area contributed by atoms with Gasteiger partial charge in [0.1, 0.15) is 0 Å². The minimum absolute atomic E-state index is 0.0735. The van der Waals surface area contributed by atoms with Crippen molar-refractivity contribution in [3.63, 3.8) is 0 Å². The van der Waals surface area contributed by atoms with Gasteiger partial charge < -0.3 is 15.7 Å². The number of carbonyl (C=O) groups excluding carboxylic acids is 2. The third-order valence-corrected chi connectivity index (χ3v) is 2.46. The molecule has 19 heavy (non-hydrogen) atoms. The first-order valence-electron chi connectivity index (χ1n) is 5.83. The Labute approximate surface area is 110 Å². The van der Waals surface area contributed by atoms with Crippen molar-refractivity contribution in [3.8, 4) is 0 Å². The van der Waals surface area contributed by atoms with Crippen LogP contribution in [0.25, 0.3) is 0 Å². The van der Waals surface area contributed by atoms with Gasteiger partial charge in [-0.15, -0.1) is 0 Å². The molecule has 0 saturated heterocycles. The Bertz CT molecular complexity index is 485. The quantitative estimate of drug-likeness (QED) is 0.683. The number of benzene rings is 1. The molecule has 1 rings (SSSR count). The molecule has 0 fully saturated rings. The van der Waals surface area contributed by atoms with E-state index in [4.69, 9.17) is 5.11 Å². The minimum Gasteiger partial charge on any atom is -0.478 e. The van der Waals surface area contributed by atoms with E-state index in [0.29, 0.717) is 18.5 Å². The maximum atomic E-state index is 11.3. The van der Waals surface area contributed by atoms with Gasteiger partial charge in [0.25, 0.3) is 0 Å². The lowest BCUT2D eigenvalue weighted by Gasteiger charge is -2.07. The molecule has 0 radical (unpaired) electrons. The Morgan fingerprint density at radius 3 is 2.47 bits per heavy atom. The second-order valence-corrected chi connectivity index (χ2v) is 3.97. The average molecular weight is 264 g/mol. The Kier molecular flexibility index (Phi) is 5.53. The molecule has 0 aliphatic carbocycles. The van der Waals surface area contributed by atoms with Crippen molar-refractivity contribution in [3.05, 3.63) is 35.4 Å². The molecule has 0 atom stereocenters. The first kappa shape index (κ1) is 14.7. The van der Waals surface area contributed by atoms with Gasteiger partial charge in [0.2, 0.25) is 11.8 Å². The topological polar surface area (TPSA) is 95.5 Å². The van der Waals surface area contributed by atoms with E-state index in [-0.39, 0.29) is 23.9 Å². The Hall–Kier alpha value is -2.37. The molecule has 6 heteroatoms. The molecule has 102 valence electrons. The number of carbonyl (C=O) groups is 3. The largest absolute Gasteiger partial charge is 0.478 e. The molecule has 0 aliphatic heterocycles. The van der Waals surface area contributed by atoms with Crippen LogP contribution in [0, 0.1) is 0 Å². The van der Waals surface area contributed by atoms with Crippen LogP contribution in [-0.4, -0.2) is 36.0 Å². The van der Waals surface area contributed by atoms with Crippen LogP contribution < -0.4 is 10.6 Å². The molecule has 0 aromatic heterocycles. The number of hydrogen-bond acceptors (Lipinski definition) is 3. The lowest BCUT2D eigenvalue weighted by Crippen LogP contribution is -2.36. The zero-order chi connectivity index (χ0) is 14.3. The highest BCUT2D eigenvalue weighted by Gasteiger charge is 2.09. The SMILES string of the molecule is CC(=O)NCC(=O)NCCc1ccccc1C(=O)O. The van der Waals surface area contributed by atoms with Crippen LogP contribution in [0.5, 0.6) is 0 Å². The molecule has 3 N–H and O–H groups in total. The van der Waals surface area contributed by atoms with Crippen LogP contribution in [0.15, 0.2) is 24.3 Å². The third-order valence-electron chi connectivity index (χ3n) is 2.46. The van der Waals surface area contributed by atoms with Gasteiger partial charge in [-0.05, 0) is 18.1 Å². The summed E-state index contributed by atoms with van der Waals surface area (Å²) in [6.07, 6.45) is 0.425. The normalized spacial score (nSPS) is 9.74. The number of rotatable bonds is 6. The highest BCUT2D eigenvalue weighted by atomic mass is 16.4. The van der Waals surface area contributed by atoms with Crippen LogP contribution in [0.3, 0.4) is 0 Å². The predicted octanol–water partition coefficient (Wildman–Crippen LogP) is 0.180. The summed E-state index contributed by atoms with van der Waals surface area (Å²) in [6.45, 7) is 1.58. The van der Waals surface area contributed by atoms with E-state index in [9.17, 15) is 14.4 Å². The standard InChI is InChI=1S/C13H16N2O4/c1-9(16)15-8-12(17)14-7-6-10-4-2-3-5-11(10)13(18)19/h2-5H,6-8H2,1H3,(H,14,17)(H,15,16)(H,18,19). The maximum Gasteiger partial charge on any atom is 0.335 e. The number of carboxylic acids is 1. The van der Waals surface area contributed by atoms with Crippen molar-refractivity contribution in [2.24, 2.45) is 0 Å². The minimum atomic E-state index is -0.986.